The first-order valence-corrected chi connectivity index (χ1v) is 7.29. The Balaban J connectivity index is 0.00000144. The van der Waals surface area contributed by atoms with Crippen molar-refractivity contribution in [2.45, 2.75) is 0 Å². The molecule has 0 aliphatic carbocycles. The largest absolute Gasteiger partial charge is 1.00 e. The standard InChI is InChI=1S/C19H20N2O.2ClH/c1-20-12-6-4-8-17(20)15-10-11-19(22-3)16(14-15)18-9-5-7-13-21(18)2;;/h4-14H,1-3H3;2*1H/q+2;;/p-2. The smallest absolute Gasteiger partial charge is 0.216 e. The van der Waals surface area contributed by atoms with Gasteiger partial charge in [0.25, 0.3) is 0 Å². The van der Waals surface area contributed by atoms with Crippen LogP contribution in [0.2, 0.25) is 0 Å². The van der Waals surface area contributed by atoms with Crippen LogP contribution in [0.15, 0.2) is 67.0 Å². The molecule has 3 nitrogen and oxygen atoms in total. The van der Waals surface area contributed by atoms with Crippen LogP contribution in [0, 0.1) is 0 Å². The number of hydrogen-bond acceptors (Lipinski definition) is 1. The molecule has 0 saturated carbocycles. The van der Waals surface area contributed by atoms with Crippen molar-refractivity contribution in [2.24, 2.45) is 14.1 Å². The molecular formula is C19H20Cl2N2O. The average molecular weight is 363 g/mol. The van der Waals surface area contributed by atoms with Crippen LogP contribution < -0.4 is 38.7 Å². The van der Waals surface area contributed by atoms with E-state index in [2.05, 4.69) is 52.7 Å². The normalized spacial score (nSPS) is 9.62. The monoisotopic (exact) mass is 362 g/mol. The van der Waals surface area contributed by atoms with Gasteiger partial charge in [0, 0.05) is 29.8 Å². The van der Waals surface area contributed by atoms with Gasteiger partial charge in [-0.3, -0.25) is 0 Å². The molecule has 0 aliphatic heterocycles. The molecule has 0 aliphatic rings. The zero-order valence-corrected chi connectivity index (χ0v) is 15.4. The lowest BCUT2D eigenvalue weighted by Crippen LogP contribution is -3.00. The molecule has 0 N–H and O–H groups in total. The van der Waals surface area contributed by atoms with Crippen molar-refractivity contribution in [3.63, 3.8) is 0 Å². The molecule has 0 spiro atoms. The summed E-state index contributed by atoms with van der Waals surface area (Å²) in [6, 6.07) is 18.7. The van der Waals surface area contributed by atoms with Gasteiger partial charge in [-0.15, -0.1) is 0 Å². The van der Waals surface area contributed by atoms with Crippen molar-refractivity contribution in [1.29, 1.82) is 0 Å². The fourth-order valence-corrected chi connectivity index (χ4v) is 2.69. The Bertz CT molecular complexity index is 822. The summed E-state index contributed by atoms with van der Waals surface area (Å²) in [6.45, 7) is 0. The predicted molar refractivity (Wildman–Crippen MR) is 86.2 cm³/mol. The zero-order valence-electron chi connectivity index (χ0n) is 13.9. The third-order valence-corrected chi connectivity index (χ3v) is 3.88. The number of pyridine rings is 2. The SMILES string of the molecule is COc1ccc(-c2cccc[n+]2C)cc1-c1cccc[n+]1C.[Cl-].[Cl-]. The molecule has 0 saturated heterocycles. The number of ether oxygens (including phenoxy) is 1. The van der Waals surface area contributed by atoms with Gasteiger partial charge in [0.05, 0.1) is 12.7 Å². The van der Waals surface area contributed by atoms with Crippen LogP contribution >= 0.6 is 0 Å². The number of nitrogens with zero attached hydrogens (tertiary/aromatic N) is 2. The molecule has 0 atom stereocenters. The van der Waals surface area contributed by atoms with Gasteiger partial charge in [0.1, 0.15) is 19.8 Å². The van der Waals surface area contributed by atoms with Crippen LogP contribution in [0.4, 0.5) is 0 Å². The molecule has 24 heavy (non-hydrogen) atoms. The molecule has 0 bridgehead atoms. The van der Waals surface area contributed by atoms with Crippen LogP contribution in [-0.2, 0) is 14.1 Å². The highest BCUT2D eigenvalue weighted by Gasteiger charge is 2.17. The number of halogens is 2. The predicted octanol–water partition coefficient (Wildman–Crippen LogP) is -3.31. The van der Waals surface area contributed by atoms with E-state index in [-0.39, 0.29) is 24.8 Å². The Morgan fingerprint density at radius 1 is 0.750 bits per heavy atom. The quantitative estimate of drug-likeness (QED) is 0.446. The van der Waals surface area contributed by atoms with Crippen LogP contribution in [0.1, 0.15) is 0 Å². The molecule has 126 valence electrons. The molecule has 0 fully saturated rings. The van der Waals surface area contributed by atoms with E-state index >= 15 is 0 Å². The molecule has 0 unspecified atom stereocenters. The fourth-order valence-electron chi connectivity index (χ4n) is 2.69. The highest BCUT2D eigenvalue weighted by molar-refractivity contribution is 5.72. The Kier molecular flexibility index (Phi) is 7.20. The van der Waals surface area contributed by atoms with Crippen molar-refractivity contribution in [3.05, 3.63) is 67.0 Å². The fraction of sp³-hybridized carbons (Fsp3) is 0.158. The van der Waals surface area contributed by atoms with Gasteiger partial charge in [-0.25, -0.2) is 9.13 Å². The van der Waals surface area contributed by atoms with Crippen LogP contribution in [0.3, 0.4) is 0 Å². The third kappa shape index (κ3) is 3.86. The number of rotatable bonds is 3. The van der Waals surface area contributed by atoms with E-state index in [1.165, 1.54) is 11.3 Å². The maximum atomic E-state index is 5.56. The molecule has 2 aromatic heterocycles. The van der Waals surface area contributed by atoms with Crippen molar-refractivity contribution in [3.8, 4) is 28.3 Å². The number of benzene rings is 1. The van der Waals surface area contributed by atoms with E-state index in [1.807, 2.05) is 37.5 Å². The number of aromatic nitrogens is 2. The van der Waals surface area contributed by atoms with E-state index < -0.39 is 0 Å². The minimum Gasteiger partial charge on any atom is -1.00 e. The number of methoxy groups -OCH3 is 1. The first-order chi connectivity index (χ1) is 10.7. The molecule has 1 aromatic carbocycles. The van der Waals surface area contributed by atoms with Gasteiger partial charge < -0.3 is 29.6 Å². The summed E-state index contributed by atoms with van der Waals surface area (Å²) in [5.74, 6) is 0.879. The maximum absolute atomic E-state index is 5.56. The molecule has 5 heteroatoms. The molecule has 0 amide bonds. The first-order valence-electron chi connectivity index (χ1n) is 7.29. The second-order valence-electron chi connectivity index (χ2n) is 5.31. The van der Waals surface area contributed by atoms with Crippen molar-refractivity contribution in [2.75, 3.05) is 7.11 Å². The number of hydrogen-bond donors (Lipinski definition) is 0. The minimum absolute atomic E-state index is 0. The van der Waals surface area contributed by atoms with E-state index in [0.717, 1.165) is 17.0 Å². The summed E-state index contributed by atoms with van der Waals surface area (Å²) in [5.41, 5.74) is 4.56. The zero-order chi connectivity index (χ0) is 15.5. The summed E-state index contributed by atoms with van der Waals surface area (Å²) in [4.78, 5) is 0. The van der Waals surface area contributed by atoms with E-state index in [4.69, 9.17) is 4.74 Å². The Labute approximate surface area is 155 Å². The molecular weight excluding hydrogens is 343 g/mol. The van der Waals surface area contributed by atoms with Gasteiger partial charge in [-0.2, -0.15) is 0 Å². The molecule has 3 aromatic rings. The Morgan fingerprint density at radius 2 is 1.33 bits per heavy atom. The summed E-state index contributed by atoms with van der Waals surface area (Å²) >= 11 is 0. The van der Waals surface area contributed by atoms with Crippen molar-refractivity contribution in [1.82, 2.24) is 0 Å². The van der Waals surface area contributed by atoms with Gasteiger partial charge in [0.2, 0.25) is 11.4 Å². The highest BCUT2D eigenvalue weighted by Crippen LogP contribution is 2.31. The summed E-state index contributed by atoms with van der Waals surface area (Å²) in [5, 5.41) is 0. The van der Waals surface area contributed by atoms with E-state index in [9.17, 15) is 0 Å². The lowest BCUT2D eigenvalue weighted by Gasteiger charge is -2.09. The maximum Gasteiger partial charge on any atom is 0.216 e. The van der Waals surface area contributed by atoms with Gasteiger partial charge in [-0.05, 0) is 30.3 Å². The molecule has 2 heterocycles. The highest BCUT2D eigenvalue weighted by atomic mass is 35.5. The molecule has 3 rings (SSSR count). The minimum atomic E-state index is 0. The summed E-state index contributed by atoms with van der Waals surface area (Å²) < 4.78 is 9.78. The Morgan fingerprint density at radius 3 is 1.88 bits per heavy atom. The number of aryl methyl sites for hydroxylation is 2. The van der Waals surface area contributed by atoms with E-state index in [1.54, 1.807) is 7.11 Å². The van der Waals surface area contributed by atoms with Crippen molar-refractivity contribution >= 4 is 0 Å². The van der Waals surface area contributed by atoms with Crippen molar-refractivity contribution < 1.29 is 38.7 Å². The first kappa shape index (κ1) is 19.9. The third-order valence-electron chi connectivity index (χ3n) is 3.88. The van der Waals surface area contributed by atoms with E-state index in [0.29, 0.717) is 0 Å². The lowest BCUT2D eigenvalue weighted by atomic mass is 10.0. The average Bonchev–Trinajstić information content (AvgIpc) is 2.55. The topological polar surface area (TPSA) is 17.0 Å². The second-order valence-corrected chi connectivity index (χ2v) is 5.31. The molecule has 0 radical (unpaired) electrons. The van der Waals surface area contributed by atoms with Gasteiger partial charge >= 0.3 is 0 Å². The second kappa shape index (κ2) is 8.67. The Hall–Kier alpha value is -2.10. The van der Waals surface area contributed by atoms with Gasteiger partial charge in [0.15, 0.2) is 12.4 Å². The van der Waals surface area contributed by atoms with Crippen LogP contribution in [0.25, 0.3) is 22.5 Å². The van der Waals surface area contributed by atoms with Crippen LogP contribution in [-0.4, -0.2) is 7.11 Å². The summed E-state index contributed by atoms with van der Waals surface area (Å²) in [6.07, 6.45) is 4.10. The van der Waals surface area contributed by atoms with Gasteiger partial charge in [-0.1, -0.05) is 0 Å². The lowest BCUT2D eigenvalue weighted by molar-refractivity contribution is -0.660. The summed E-state index contributed by atoms with van der Waals surface area (Å²) in [7, 11) is 5.82. The van der Waals surface area contributed by atoms with Crippen LogP contribution in [0.5, 0.6) is 5.75 Å².